The molecule has 0 aromatic heterocycles. The van der Waals surface area contributed by atoms with Crippen LogP contribution in [0.1, 0.15) is 15.9 Å². The maximum absolute atomic E-state index is 12.8. The Morgan fingerprint density at radius 3 is 2.04 bits per heavy atom. The van der Waals surface area contributed by atoms with Crippen LogP contribution in [-0.4, -0.2) is 5.91 Å². The number of rotatable bonds is 5. The fourth-order valence-electron chi connectivity index (χ4n) is 2.23. The first-order chi connectivity index (χ1) is 11.7. The number of carbonyl (C=O) groups excluding carboxylic acids is 1. The zero-order chi connectivity index (χ0) is 16.8. The zero-order valence-corrected chi connectivity index (χ0v) is 13.7. The molecule has 3 aromatic carbocycles. The van der Waals surface area contributed by atoms with Crippen molar-refractivity contribution in [2.75, 3.05) is 5.06 Å². The third-order valence-corrected chi connectivity index (χ3v) is 3.72. The lowest BCUT2D eigenvalue weighted by Gasteiger charge is -2.22. The van der Waals surface area contributed by atoms with Crippen LogP contribution in [0.4, 0.5) is 5.69 Å². The summed E-state index contributed by atoms with van der Waals surface area (Å²) in [5.74, 6) is -0.212. The minimum absolute atomic E-state index is 0.212. The number of hydroxylamine groups is 1. The number of carbonyl (C=O) groups is 1. The van der Waals surface area contributed by atoms with E-state index in [1.54, 1.807) is 24.3 Å². The van der Waals surface area contributed by atoms with Crippen molar-refractivity contribution in [1.82, 2.24) is 0 Å². The molecule has 0 heterocycles. The third kappa shape index (κ3) is 4.02. The monoisotopic (exact) mass is 337 g/mol. The van der Waals surface area contributed by atoms with Gasteiger partial charge < -0.3 is 0 Å². The maximum atomic E-state index is 12.8. The molecular weight excluding hydrogens is 322 g/mol. The average molecular weight is 338 g/mol. The number of anilines is 1. The lowest BCUT2D eigenvalue weighted by molar-refractivity contribution is 0.0600. The molecule has 0 aliphatic carbocycles. The molecule has 0 bridgehead atoms. The van der Waals surface area contributed by atoms with Crippen LogP contribution in [0.3, 0.4) is 0 Å². The molecule has 0 unspecified atom stereocenters. The maximum Gasteiger partial charge on any atom is 0.282 e. The van der Waals surface area contributed by atoms with Gasteiger partial charge >= 0.3 is 0 Å². The van der Waals surface area contributed by atoms with Crippen LogP contribution in [0, 0.1) is 0 Å². The molecule has 4 heteroatoms. The number of nitrogens with zero attached hydrogens (tertiary/aromatic N) is 1. The van der Waals surface area contributed by atoms with Crippen molar-refractivity contribution in [3.63, 3.8) is 0 Å². The van der Waals surface area contributed by atoms with Crippen molar-refractivity contribution in [2.24, 2.45) is 0 Å². The molecule has 1 amide bonds. The molecule has 0 aliphatic rings. The first-order valence-electron chi connectivity index (χ1n) is 7.56. The molecule has 0 N–H and O–H groups in total. The van der Waals surface area contributed by atoms with Crippen molar-refractivity contribution in [3.8, 4) is 0 Å². The second-order valence-corrected chi connectivity index (χ2v) is 5.64. The van der Waals surface area contributed by atoms with Gasteiger partial charge in [0.2, 0.25) is 0 Å². The van der Waals surface area contributed by atoms with Gasteiger partial charge in [0.15, 0.2) is 0 Å². The van der Waals surface area contributed by atoms with E-state index in [-0.39, 0.29) is 12.5 Å². The minimum atomic E-state index is -0.212. The number of benzene rings is 3. The lowest BCUT2D eigenvalue weighted by atomic mass is 10.2. The van der Waals surface area contributed by atoms with Crippen LogP contribution in [-0.2, 0) is 11.4 Å². The van der Waals surface area contributed by atoms with Crippen LogP contribution in [0.2, 0.25) is 5.02 Å². The van der Waals surface area contributed by atoms with Gasteiger partial charge in [-0.05, 0) is 42.0 Å². The predicted octanol–water partition coefficient (Wildman–Crippen LogP) is 5.12. The van der Waals surface area contributed by atoms with Crippen molar-refractivity contribution < 1.29 is 9.63 Å². The van der Waals surface area contributed by atoms with E-state index in [1.807, 2.05) is 60.7 Å². The Morgan fingerprint density at radius 2 is 1.42 bits per heavy atom. The van der Waals surface area contributed by atoms with E-state index in [4.69, 9.17) is 16.4 Å². The van der Waals surface area contributed by atoms with Crippen LogP contribution in [0.25, 0.3) is 0 Å². The molecule has 0 spiro atoms. The van der Waals surface area contributed by atoms with Crippen molar-refractivity contribution >= 4 is 23.2 Å². The number of para-hydroxylation sites is 1. The Kier molecular flexibility index (Phi) is 5.26. The quantitative estimate of drug-likeness (QED) is 0.605. The molecule has 24 heavy (non-hydrogen) atoms. The highest BCUT2D eigenvalue weighted by atomic mass is 35.5. The summed E-state index contributed by atoms with van der Waals surface area (Å²) in [7, 11) is 0. The highest BCUT2D eigenvalue weighted by molar-refractivity contribution is 6.30. The van der Waals surface area contributed by atoms with Gasteiger partial charge in [0.1, 0.15) is 6.61 Å². The molecule has 120 valence electrons. The van der Waals surface area contributed by atoms with Gasteiger partial charge in [-0.25, -0.2) is 0 Å². The molecule has 0 atom stereocenters. The van der Waals surface area contributed by atoms with Gasteiger partial charge in [0.05, 0.1) is 5.69 Å². The van der Waals surface area contributed by atoms with E-state index in [9.17, 15) is 4.79 Å². The first-order valence-corrected chi connectivity index (χ1v) is 7.94. The van der Waals surface area contributed by atoms with E-state index in [0.717, 1.165) is 5.56 Å². The fourth-order valence-corrected chi connectivity index (χ4v) is 2.36. The number of amides is 1. The van der Waals surface area contributed by atoms with Gasteiger partial charge in [0.25, 0.3) is 5.91 Å². The second kappa shape index (κ2) is 7.77. The van der Waals surface area contributed by atoms with Gasteiger partial charge in [0, 0.05) is 10.6 Å². The molecule has 0 radical (unpaired) electrons. The van der Waals surface area contributed by atoms with E-state index in [0.29, 0.717) is 16.3 Å². The summed E-state index contributed by atoms with van der Waals surface area (Å²) in [5.41, 5.74) is 2.18. The van der Waals surface area contributed by atoms with Gasteiger partial charge in [-0.3, -0.25) is 9.63 Å². The molecular formula is C20H16ClNO2. The Morgan fingerprint density at radius 1 is 0.833 bits per heavy atom. The molecule has 0 saturated carbocycles. The van der Waals surface area contributed by atoms with Crippen LogP contribution >= 0.6 is 11.6 Å². The highest BCUT2D eigenvalue weighted by Gasteiger charge is 2.18. The first kappa shape index (κ1) is 16.2. The third-order valence-electron chi connectivity index (χ3n) is 3.47. The van der Waals surface area contributed by atoms with E-state index >= 15 is 0 Å². The summed E-state index contributed by atoms with van der Waals surface area (Å²) in [5, 5.41) is 1.99. The highest BCUT2D eigenvalue weighted by Crippen LogP contribution is 2.19. The normalized spacial score (nSPS) is 10.4. The summed E-state index contributed by atoms with van der Waals surface area (Å²) in [6, 6.07) is 25.7. The van der Waals surface area contributed by atoms with Crippen molar-refractivity contribution in [1.29, 1.82) is 0 Å². The van der Waals surface area contributed by atoms with Crippen molar-refractivity contribution in [3.05, 3.63) is 101 Å². The average Bonchev–Trinajstić information content (AvgIpc) is 2.65. The number of hydrogen-bond donors (Lipinski definition) is 0. The van der Waals surface area contributed by atoms with Gasteiger partial charge in [-0.2, -0.15) is 5.06 Å². The van der Waals surface area contributed by atoms with Crippen LogP contribution in [0.15, 0.2) is 84.9 Å². The minimum Gasteiger partial charge on any atom is -0.266 e. The fraction of sp³-hybridized carbons (Fsp3) is 0.0500. The Labute approximate surface area is 146 Å². The molecule has 0 aliphatic heterocycles. The summed E-state index contributed by atoms with van der Waals surface area (Å²) >= 11 is 5.90. The largest absolute Gasteiger partial charge is 0.282 e. The summed E-state index contributed by atoms with van der Waals surface area (Å²) in [4.78, 5) is 18.6. The van der Waals surface area contributed by atoms with E-state index in [1.165, 1.54) is 5.06 Å². The second-order valence-electron chi connectivity index (χ2n) is 5.20. The van der Waals surface area contributed by atoms with Gasteiger partial charge in [-0.1, -0.05) is 60.1 Å². The van der Waals surface area contributed by atoms with Crippen LogP contribution in [0.5, 0.6) is 0 Å². The van der Waals surface area contributed by atoms with E-state index < -0.39 is 0 Å². The van der Waals surface area contributed by atoms with E-state index in [2.05, 4.69) is 0 Å². The summed E-state index contributed by atoms with van der Waals surface area (Å²) in [6.45, 7) is 0.268. The van der Waals surface area contributed by atoms with Crippen LogP contribution < -0.4 is 5.06 Å². The van der Waals surface area contributed by atoms with Crippen molar-refractivity contribution in [2.45, 2.75) is 6.61 Å². The molecule has 0 fully saturated rings. The Hall–Kier alpha value is -2.62. The lowest BCUT2D eigenvalue weighted by Crippen LogP contribution is -2.31. The Bertz CT molecular complexity index is 789. The molecule has 0 saturated heterocycles. The SMILES string of the molecule is O=C(c1ccccc1)N(OCc1ccc(Cl)cc1)c1ccccc1. The molecule has 3 nitrogen and oxygen atoms in total. The Balaban J connectivity index is 1.82. The zero-order valence-electron chi connectivity index (χ0n) is 12.9. The predicted molar refractivity (Wildman–Crippen MR) is 95.9 cm³/mol. The number of halogens is 1. The smallest absolute Gasteiger partial charge is 0.266 e. The summed E-state index contributed by atoms with van der Waals surface area (Å²) in [6.07, 6.45) is 0. The number of hydrogen-bond acceptors (Lipinski definition) is 2. The standard InChI is InChI=1S/C20H16ClNO2/c21-18-13-11-16(12-14-18)15-24-22(19-9-5-2-6-10-19)20(23)17-7-3-1-4-8-17/h1-14H,15H2. The molecule has 3 rings (SSSR count). The van der Waals surface area contributed by atoms with Gasteiger partial charge in [-0.15, -0.1) is 0 Å². The topological polar surface area (TPSA) is 29.5 Å². The molecule has 3 aromatic rings. The summed E-state index contributed by atoms with van der Waals surface area (Å²) < 4.78 is 0.